The molecule has 3 heterocycles. The molecule has 0 radical (unpaired) electrons. The molecule has 0 saturated heterocycles. The van der Waals surface area contributed by atoms with Crippen molar-refractivity contribution in [2.45, 2.75) is 13.8 Å². The van der Waals surface area contributed by atoms with Gasteiger partial charge in [0, 0.05) is 11.1 Å². The Labute approximate surface area is 97.2 Å². The van der Waals surface area contributed by atoms with E-state index in [0.29, 0.717) is 0 Å². The molecule has 0 fully saturated rings. The first-order valence-electron chi connectivity index (χ1n) is 5.11. The molecule has 4 heteroatoms. The van der Waals surface area contributed by atoms with E-state index in [4.69, 9.17) is 0 Å². The number of imidazole rings is 1. The van der Waals surface area contributed by atoms with Gasteiger partial charge in [-0.1, -0.05) is 0 Å². The fourth-order valence-corrected chi connectivity index (χ4v) is 2.50. The van der Waals surface area contributed by atoms with Gasteiger partial charge in [0.1, 0.15) is 0 Å². The van der Waals surface area contributed by atoms with Gasteiger partial charge in [-0.2, -0.15) is 0 Å². The second-order valence-corrected chi connectivity index (χ2v) is 5.17. The van der Waals surface area contributed by atoms with Gasteiger partial charge in [-0.05, 0) is 37.6 Å². The van der Waals surface area contributed by atoms with Crippen molar-refractivity contribution in [2.24, 2.45) is 0 Å². The van der Waals surface area contributed by atoms with Crippen LogP contribution >= 0.6 is 11.3 Å². The maximum absolute atomic E-state index is 4.48. The van der Waals surface area contributed by atoms with Crippen LogP contribution < -0.4 is 0 Å². The molecule has 0 aliphatic rings. The highest BCUT2D eigenvalue weighted by molar-refractivity contribution is 7.15. The van der Waals surface area contributed by atoms with Crippen LogP contribution in [0.15, 0.2) is 24.4 Å². The third-order valence-electron chi connectivity index (χ3n) is 2.45. The number of nitrogens with one attached hydrogen (secondary N) is 1. The molecular formula is C12H11N3S. The lowest BCUT2D eigenvalue weighted by molar-refractivity contribution is 1.29. The Balaban J connectivity index is 2.18. The van der Waals surface area contributed by atoms with Crippen molar-refractivity contribution >= 4 is 22.5 Å². The van der Waals surface area contributed by atoms with Gasteiger partial charge in [0.05, 0.1) is 10.4 Å². The van der Waals surface area contributed by atoms with Crippen molar-refractivity contribution in [3.05, 3.63) is 34.8 Å². The van der Waals surface area contributed by atoms with Gasteiger partial charge in [-0.25, -0.2) is 9.97 Å². The molecule has 0 aromatic carbocycles. The van der Waals surface area contributed by atoms with Gasteiger partial charge < -0.3 is 4.98 Å². The molecule has 80 valence electrons. The summed E-state index contributed by atoms with van der Waals surface area (Å²) in [5, 5.41) is 0. The van der Waals surface area contributed by atoms with Crippen molar-refractivity contribution in [1.29, 1.82) is 0 Å². The fourth-order valence-electron chi connectivity index (χ4n) is 1.68. The number of aryl methyl sites for hydroxylation is 2. The number of hydrogen-bond acceptors (Lipinski definition) is 3. The first-order valence-corrected chi connectivity index (χ1v) is 5.93. The minimum Gasteiger partial charge on any atom is -0.336 e. The van der Waals surface area contributed by atoms with Crippen LogP contribution in [0, 0.1) is 13.8 Å². The molecule has 16 heavy (non-hydrogen) atoms. The summed E-state index contributed by atoms with van der Waals surface area (Å²) in [5.41, 5.74) is 2.93. The molecular weight excluding hydrogens is 218 g/mol. The summed E-state index contributed by atoms with van der Waals surface area (Å²) >= 11 is 1.74. The average molecular weight is 229 g/mol. The van der Waals surface area contributed by atoms with Crippen molar-refractivity contribution in [2.75, 3.05) is 0 Å². The lowest BCUT2D eigenvalue weighted by Crippen LogP contribution is -1.77. The van der Waals surface area contributed by atoms with Crippen LogP contribution in [0.3, 0.4) is 0 Å². The number of aromatic amines is 1. The summed E-state index contributed by atoms with van der Waals surface area (Å²) in [6.07, 6.45) is 1.84. The Kier molecular flexibility index (Phi) is 2.04. The summed E-state index contributed by atoms with van der Waals surface area (Å²) in [6.45, 7) is 4.13. The largest absolute Gasteiger partial charge is 0.336 e. The van der Waals surface area contributed by atoms with Gasteiger partial charge in [-0.3, -0.25) is 0 Å². The maximum atomic E-state index is 4.48. The fraction of sp³-hybridized carbons (Fsp3) is 0.167. The Morgan fingerprint density at radius 1 is 1.25 bits per heavy atom. The van der Waals surface area contributed by atoms with Crippen LogP contribution in [-0.2, 0) is 0 Å². The Hall–Kier alpha value is -1.68. The van der Waals surface area contributed by atoms with Crippen molar-refractivity contribution in [1.82, 2.24) is 15.0 Å². The summed E-state index contributed by atoms with van der Waals surface area (Å²) in [5.74, 6) is 0.909. The summed E-state index contributed by atoms with van der Waals surface area (Å²) in [7, 11) is 0. The Bertz CT molecular complexity index is 651. The minimum atomic E-state index is 0.784. The second kappa shape index (κ2) is 3.42. The summed E-state index contributed by atoms with van der Waals surface area (Å²) < 4.78 is 0. The molecule has 3 aromatic heterocycles. The van der Waals surface area contributed by atoms with E-state index in [9.17, 15) is 0 Å². The van der Waals surface area contributed by atoms with E-state index >= 15 is 0 Å². The van der Waals surface area contributed by atoms with E-state index in [-0.39, 0.29) is 0 Å². The molecule has 0 amide bonds. The predicted octanol–water partition coefficient (Wildman–Crippen LogP) is 3.30. The molecule has 0 bridgehead atoms. The molecule has 3 aromatic rings. The number of aromatic nitrogens is 3. The highest BCUT2D eigenvalue weighted by atomic mass is 32.1. The Morgan fingerprint density at radius 3 is 2.88 bits per heavy atom. The first-order chi connectivity index (χ1) is 7.72. The quantitative estimate of drug-likeness (QED) is 0.695. The van der Waals surface area contributed by atoms with Gasteiger partial charge in [0.15, 0.2) is 11.5 Å². The molecule has 0 unspecified atom stereocenters. The summed E-state index contributed by atoms with van der Waals surface area (Å²) in [6, 6.07) is 6.26. The van der Waals surface area contributed by atoms with Crippen molar-refractivity contribution in [3.8, 4) is 10.7 Å². The molecule has 0 saturated carbocycles. The first kappa shape index (κ1) is 9.54. The average Bonchev–Trinajstić information content (AvgIpc) is 2.83. The van der Waals surface area contributed by atoms with Crippen LogP contribution in [0.4, 0.5) is 0 Å². The standard InChI is InChI=1S/C12H11N3S/c1-7-5-9-11(13-6-7)15-12(14-9)10-4-3-8(2)16-10/h3-6H,1-2H3,(H,13,14,15). The monoisotopic (exact) mass is 229 g/mol. The molecule has 3 nitrogen and oxygen atoms in total. The van der Waals surface area contributed by atoms with E-state index in [1.165, 1.54) is 4.88 Å². The lowest BCUT2D eigenvalue weighted by atomic mass is 10.3. The van der Waals surface area contributed by atoms with Crippen LogP contribution in [0.2, 0.25) is 0 Å². The van der Waals surface area contributed by atoms with Crippen molar-refractivity contribution in [3.63, 3.8) is 0 Å². The topological polar surface area (TPSA) is 41.6 Å². The zero-order chi connectivity index (χ0) is 11.1. The van der Waals surface area contributed by atoms with Crippen LogP contribution in [0.25, 0.3) is 21.9 Å². The van der Waals surface area contributed by atoms with E-state index in [1.807, 2.05) is 13.1 Å². The van der Waals surface area contributed by atoms with Crippen LogP contribution in [0.5, 0.6) is 0 Å². The van der Waals surface area contributed by atoms with E-state index in [1.54, 1.807) is 11.3 Å². The molecule has 1 N–H and O–H groups in total. The van der Waals surface area contributed by atoms with Crippen molar-refractivity contribution < 1.29 is 0 Å². The third kappa shape index (κ3) is 1.51. The van der Waals surface area contributed by atoms with Gasteiger partial charge >= 0.3 is 0 Å². The van der Waals surface area contributed by atoms with Gasteiger partial charge in [-0.15, -0.1) is 11.3 Å². The molecule has 0 spiro atoms. The van der Waals surface area contributed by atoms with E-state index in [2.05, 4.69) is 40.1 Å². The zero-order valence-electron chi connectivity index (χ0n) is 9.11. The highest BCUT2D eigenvalue weighted by Crippen LogP contribution is 2.26. The maximum Gasteiger partial charge on any atom is 0.178 e. The molecule has 0 aliphatic carbocycles. The summed E-state index contributed by atoms with van der Waals surface area (Å²) in [4.78, 5) is 14.5. The van der Waals surface area contributed by atoms with E-state index in [0.717, 1.165) is 27.4 Å². The number of thiophene rings is 1. The number of hydrogen-bond donors (Lipinski definition) is 1. The van der Waals surface area contributed by atoms with Gasteiger partial charge in [0.2, 0.25) is 0 Å². The van der Waals surface area contributed by atoms with Gasteiger partial charge in [0.25, 0.3) is 0 Å². The number of H-pyrrole nitrogens is 1. The number of fused-ring (bicyclic) bond motifs is 1. The molecule has 0 aliphatic heterocycles. The second-order valence-electron chi connectivity index (χ2n) is 3.88. The normalized spacial score (nSPS) is 11.1. The van der Waals surface area contributed by atoms with Crippen LogP contribution in [-0.4, -0.2) is 15.0 Å². The van der Waals surface area contributed by atoms with Crippen LogP contribution in [0.1, 0.15) is 10.4 Å². The zero-order valence-corrected chi connectivity index (χ0v) is 9.93. The SMILES string of the molecule is Cc1cnc2nc(-c3ccc(C)s3)[nH]c2c1. The number of nitrogens with zero attached hydrogens (tertiary/aromatic N) is 2. The predicted molar refractivity (Wildman–Crippen MR) is 66.7 cm³/mol. The van der Waals surface area contributed by atoms with E-state index < -0.39 is 0 Å². The number of rotatable bonds is 1. The number of pyridine rings is 1. The minimum absolute atomic E-state index is 0.784. The third-order valence-corrected chi connectivity index (χ3v) is 3.46. The Morgan fingerprint density at radius 2 is 2.12 bits per heavy atom. The highest BCUT2D eigenvalue weighted by Gasteiger charge is 2.07. The molecule has 0 atom stereocenters. The molecule has 3 rings (SSSR count). The smallest absolute Gasteiger partial charge is 0.178 e. The lowest BCUT2D eigenvalue weighted by Gasteiger charge is -1.88.